The Labute approximate surface area is 119 Å². The van der Waals surface area contributed by atoms with E-state index in [4.69, 9.17) is 0 Å². The van der Waals surface area contributed by atoms with Crippen molar-refractivity contribution in [2.75, 3.05) is 0 Å². The Morgan fingerprint density at radius 2 is 1.37 bits per heavy atom. The molecule has 0 aliphatic rings. The molecule has 0 aliphatic heterocycles. The van der Waals surface area contributed by atoms with Crippen LogP contribution in [0.3, 0.4) is 0 Å². The van der Waals surface area contributed by atoms with Crippen LogP contribution in [-0.2, 0) is 0 Å². The molecule has 1 aromatic rings. The van der Waals surface area contributed by atoms with Crippen molar-refractivity contribution < 1.29 is 5.11 Å². The minimum Gasteiger partial charge on any atom is -0.508 e. The van der Waals surface area contributed by atoms with Crippen molar-refractivity contribution in [3.05, 3.63) is 28.8 Å². The van der Waals surface area contributed by atoms with E-state index in [1.165, 1.54) is 16.7 Å². The molecule has 0 spiro atoms. The lowest BCUT2D eigenvalue weighted by molar-refractivity contribution is 0.457. The molecule has 1 nitrogen and oxygen atoms in total. The molecular weight excluding hydrogens is 232 g/mol. The summed E-state index contributed by atoms with van der Waals surface area (Å²) in [4.78, 5) is 0. The smallest absolute Gasteiger partial charge is 0.119 e. The van der Waals surface area contributed by atoms with Crippen LogP contribution in [0.4, 0.5) is 0 Å². The Bertz CT molecular complexity index is 408. The van der Waals surface area contributed by atoms with Crippen molar-refractivity contribution in [3.8, 4) is 5.75 Å². The summed E-state index contributed by atoms with van der Waals surface area (Å²) in [6.07, 6.45) is 3.30. The molecule has 1 N–H and O–H groups in total. The normalized spacial score (nSPS) is 16.1. The van der Waals surface area contributed by atoms with Crippen LogP contribution in [0, 0.1) is 0 Å². The second-order valence-electron chi connectivity index (χ2n) is 5.97. The maximum absolute atomic E-state index is 10.5. The average Bonchev–Trinajstić information content (AvgIpc) is 2.43. The van der Waals surface area contributed by atoms with E-state index in [9.17, 15) is 5.11 Å². The summed E-state index contributed by atoms with van der Waals surface area (Å²) >= 11 is 0. The third-order valence-corrected chi connectivity index (χ3v) is 4.64. The highest BCUT2D eigenvalue weighted by molar-refractivity contribution is 5.47. The number of hydrogen-bond donors (Lipinski definition) is 1. The number of hydrogen-bond acceptors (Lipinski definition) is 1. The van der Waals surface area contributed by atoms with Gasteiger partial charge in [-0.15, -0.1) is 0 Å². The summed E-state index contributed by atoms with van der Waals surface area (Å²) in [5, 5.41) is 10.5. The fraction of sp³-hybridized carbons (Fsp3) is 0.667. The molecule has 0 aliphatic carbocycles. The standard InChI is InChI=1S/C18H30O/c1-7-12(4)15-10-16(13(5)8-2)18(14(6)9-3)17(19)11-15/h10-14,19H,7-9H2,1-6H3. The van der Waals surface area contributed by atoms with Gasteiger partial charge >= 0.3 is 0 Å². The molecule has 0 radical (unpaired) electrons. The molecule has 0 amide bonds. The molecule has 1 rings (SSSR count). The Kier molecular flexibility index (Phi) is 5.90. The first-order chi connectivity index (χ1) is 8.96. The van der Waals surface area contributed by atoms with Crippen molar-refractivity contribution in [1.29, 1.82) is 0 Å². The van der Waals surface area contributed by atoms with Gasteiger partial charge in [-0.1, -0.05) is 47.6 Å². The van der Waals surface area contributed by atoms with E-state index in [1.54, 1.807) is 0 Å². The fourth-order valence-electron chi connectivity index (χ4n) is 2.57. The third kappa shape index (κ3) is 3.52. The van der Waals surface area contributed by atoms with Gasteiger partial charge in [-0.2, -0.15) is 0 Å². The van der Waals surface area contributed by atoms with Crippen molar-refractivity contribution in [1.82, 2.24) is 0 Å². The highest BCUT2D eigenvalue weighted by Crippen LogP contribution is 2.39. The zero-order valence-electron chi connectivity index (χ0n) is 13.5. The first kappa shape index (κ1) is 16.1. The van der Waals surface area contributed by atoms with E-state index >= 15 is 0 Å². The Balaban J connectivity index is 3.38. The van der Waals surface area contributed by atoms with Gasteiger partial charge < -0.3 is 5.11 Å². The largest absolute Gasteiger partial charge is 0.508 e. The predicted octanol–water partition coefficient (Wildman–Crippen LogP) is 5.93. The van der Waals surface area contributed by atoms with E-state index in [0.717, 1.165) is 19.3 Å². The first-order valence-electron chi connectivity index (χ1n) is 7.82. The van der Waals surface area contributed by atoms with Gasteiger partial charge in [0.05, 0.1) is 0 Å². The molecule has 0 heterocycles. The SMILES string of the molecule is CCC(C)c1cc(O)c(C(C)CC)c(C(C)CC)c1. The van der Waals surface area contributed by atoms with Gasteiger partial charge in [0.2, 0.25) is 0 Å². The Morgan fingerprint density at radius 3 is 1.84 bits per heavy atom. The predicted molar refractivity (Wildman–Crippen MR) is 84.2 cm³/mol. The van der Waals surface area contributed by atoms with Crippen LogP contribution in [0.15, 0.2) is 12.1 Å². The number of phenols is 1. The van der Waals surface area contributed by atoms with Gasteiger partial charge in [-0.3, -0.25) is 0 Å². The molecule has 0 fully saturated rings. The van der Waals surface area contributed by atoms with Gasteiger partial charge in [-0.25, -0.2) is 0 Å². The second-order valence-corrected chi connectivity index (χ2v) is 5.97. The number of aromatic hydroxyl groups is 1. The van der Waals surface area contributed by atoms with Crippen LogP contribution in [0.25, 0.3) is 0 Å². The maximum Gasteiger partial charge on any atom is 0.119 e. The lowest BCUT2D eigenvalue weighted by Crippen LogP contribution is -2.05. The van der Waals surface area contributed by atoms with Crippen LogP contribution in [-0.4, -0.2) is 5.11 Å². The molecule has 1 aromatic carbocycles. The minimum absolute atomic E-state index is 0.426. The Hall–Kier alpha value is -0.980. The number of rotatable bonds is 6. The average molecular weight is 262 g/mol. The maximum atomic E-state index is 10.5. The van der Waals surface area contributed by atoms with Crippen molar-refractivity contribution >= 4 is 0 Å². The highest BCUT2D eigenvalue weighted by atomic mass is 16.3. The summed E-state index contributed by atoms with van der Waals surface area (Å²) in [6, 6.07) is 4.32. The zero-order valence-corrected chi connectivity index (χ0v) is 13.5. The summed E-state index contributed by atoms with van der Waals surface area (Å²) in [7, 11) is 0. The molecule has 0 saturated heterocycles. The lowest BCUT2D eigenvalue weighted by Gasteiger charge is -2.23. The molecular formula is C18H30O. The first-order valence-corrected chi connectivity index (χ1v) is 7.82. The Morgan fingerprint density at radius 1 is 0.842 bits per heavy atom. The minimum atomic E-state index is 0.426. The van der Waals surface area contributed by atoms with Crippen LogP contribution in [0.2, 0.25) is 0 Å². The topological polar surface area (TPSA) is 20.2 Å². The van der Waals surface area contributed by atoms with Crippen molar-refractivity contribution in [2.24, 2.45) is 0 Å². The highest BCUT2D eigenvalue weighted by Gasteiger charge is 2.19. The van der Waals surface area contributed by atoms with Crippen molar-refractivity contribution in [3.63, 3.8) is 0 Å². The summed E-state index contributed by atoms with van der Waals surface area (Å²) in [5.74, 6) is 1.95. The zero-order chi connectivity index (χ0) is 14.6. The van der Waals surface area contributed by atoms with Crippen LogP contribution < -0.4 is 0 Å². The van der Waals surface area contributed by atoms with E-state index in [0.29, 0.717) is 23.5 Å². The molecule has 0 aromatic heterocycles. The van der Waals surface area contributed by atoms with Crippen molar-refractivity contribution in [2.45, 2.75) is 78.6 Å². The van der Waals surface area contributed by atoms with E-state index in [-0.39, 0.29) is 0 Å². The number of benzene rings is 1. The van der Waals surface area contributed by atoms with Gasteiger partial charge in [0.15, 0.2) is 0 Å². The van der Waals surface area contributed by atoms with E-state index in [1.807, 2.05) is 6.07 Å². The van der Waals surface area contributed by atoms with Gasteiger partial charge in [-0.05, 0) is 54.2 Å². The monoisotopic (exact) mass is 262 g/mol. The molecule has 0 saturated carbocycles. The second kappa shape index (κ2) is 6.98. The molecule has 3 unspecified atom stereocenters. The summed E-state index contributed by atoms with van der Waals surface area (Å²) < 4.78 is 0. The summed E-state index contributed by atoms with van der Waals surface area (Å²) in [5.41, 5.74) is 3.80. The number of phenolic OH excluding ortho intramolecular Hbond substituents is 1. The van der Waals surface area contributed by atoms with Crippen LogP contribution in [0.5, 0.6) is 5.75 Å². The lowest BCUT2D eigenvalue weighted by atomic mass is 9.83. The quantitative estimate of drug-likeness (QED) is 0.673. The third-order valence-electron chi connectivity index (χ3n) is 4.64. The van der Waals surface area contributed by atoms with Gasteiger partial charge in [0.1, 0.15) is 5.75 Å². The molecule has 3 atom stereocenters. The summed E-state index contributed by atoms with van der Waals surface area (Å²) in [6.45, 7) is 13.3. The van der Waals surface area contributed by atoms with Crippen LogP contribution >= 0.6 is 0 Å². The van der Waals surface area contributed by atoms with E-state index in [2.05, 4.69) is 47.6 Å². The molecule has 108 valence electrons. The van der Waals surface area contributed by atoms with Crippen LogP contribution in [0.1, 0.15) is 95.2 Å². The molecule has 1 heteroatoms. The molecule has 19 heavy (non-hydrogen) atoms. The fourth-order valence-corrected chi connectivity index (χ4v) is 2.57. The van der Waals surface area contributed by atoms with Gasteiger partial charge in [0.25, 0.3) is 0 Å². The van der Waals surface area contributed by atoms with E-state index < -0.39 is 0 Å². The molecule has 0 bridgehead atoms. The van der Waals surface area contributed by atoms with Gasteiger partial charge in [0, 0.05) is 5.56 Å².